The van der Waals surface area contributed by atoms with Gasteiger partial charge < -0.3 is 9.80 Å². The van der Waals surface area contributed by atoms with Gasteiger partial charge in [0.25, 0.3) is 0 Å². The van der Waals surface area contributed by atoms with E-state index < -0.39 is 0 Å². The molecule has 8 heteroatoms. The van der Waals surface area contributed by atoms with Crippen molar-refractivity contribution in [1.82, 2.24) is 29.5 Å². The highest BCUT2D eigenvalue weighted by Gasteiger charge is 2.29. The molecule has 1 fully saturated rings. The van der Waals surface area contributed by atoms with E-state index in [1.54, 1.807) is 13.1 Å². The van der Waals surface area contributed by atoms with Crippen molar-refractivity contribution in [2.45, 2.75) is 65.1 Å². The zero-order chi connectivity index (χ0) is 20.4. The number of aromatic nitrogens is 4. The molecule has 8 nitrogen and oxygen atoms in total. The minimum atomic E-state index is -0.0245. The summed E-state index contributed by atoms with van der Waals surface area (Å²) in [5.41, 5.74) is 3.08. The highest BCUT2D eigenvalue weighted by molar-refractivity contribution is 5.76. The predicted octanol–water partition coefficient (Wildman–Crippen LogP) is 2.03. The van der Waals surface area contributed by atoms with Crippen LogP contribution in [0.2, 0.25) is 0 Å². The molecule has 154 valence electrons. The Balaban J connectivity index is 1.42. The molecule has 4 heterocycles. The Bertz CT molecular complexity index is 908. The number of fused-ring (bicyclic) bond motifs is 1. The molecule has 2 aromatic heterocycles. The Morgan fingerprint density at radius 2 is 2.10 bits per heavy atom. The second kappa shape index (κ2) is 8.31. The average molecular weight is 396 g/mol. The summed E-state index contributed by atoms with van der Waals surface area (Å²) in [7, 11) is 0. The van der Waals surface area contributed by atoms with Crippen molar-refractivity contribution in [3.05, 3.63) is 41.2 Å². The molecule has 0 bridgehead atoms. The van der Waals surface area contributed by atoms with E-state index in [9.17, 15) is 9.59 Å². The van der Waals surface area contributed by atoms with Gasteiger partial charge >= 0.3 is 0 Å². The van der Waals surface area contributed by atoms with E-state index in [1.165, 1.54) is 0 Å². The molecule has 2 amide bonds. The Morgan fingerprint density at radius 1 is 1.24 bits per heavy atom. The van der Waals surface area contributed by atoms with Crippen LogP contribution >= 0.6 is 0 Å². The maximum atomic E-state index is 12.6. The average Bonchev–Trinajstić information content (AvgIpc) is 3.16. The quantitative estimate of drug-likeness (QED) is 0.790. The lowest BCUT2D eigenvalue weighted by molar-refractivity contribution is -0.133. The molecule has 0 radical (unpaired) electrons. The van der Waals surface area contributed by atoms with E-state index in [1.807, 2.05) is 33.7 Å². The van der Waals surface area contributed by atoms with Crippen LogP contribution in [0, 0.1) is 6.92 Å². The van der Waals surface area contributed by atoms with E-state index in [2.05, 4.69) is 10.1 Å². The van der Waals surface area contributed by atoms with E-state index >= 15 is 0 Å². The first-order chi connectivity index (χ1) is 14.0. The van der Waals surface area contributed by atoms with Gasteiger partial charge in [0.05, 0.1) is 11.7 Å². The molecule has 0 saturated carbocycles. The Kier molecular flexibility index (Phi) is 5.60. The maximum Gasteiger partial charge on any atom is 0.224 e. The molecule has 29 heavy (non-hydrogen) atoms. The van der Waals surface area contributed by atoms with Crippen molar-refractivity contribution in [3.63, 3.8) is 0 Å². The fourth-order valence-corrected chi connectivity index (χ4v) is 4.27. The molecular weight excluding hydrogens is 368 g/mol. The minimum Gasteiger partial charge on any atom is -0.338 e. The molecular formula is C21H28N6O2. The first-order valence-electron chi connectivity index (χ1n) is 10.4. The molecule has 0 spiro atoms. The van der Waals surface area contributed by atoms with E-state index in [4.69, 9.17) is 4.98 Å². The smallest absolute Gasteiger partial charge is 0.224 e. The van der Waals surface area contributed by atoms with Crippen molar-refractivity contribution >= 4 is 11.8 Å². The van der Waals surface area contributed by atoms with Gasteiger partial charge in [-0.05, 0) is 32.3 Å². The fraction of sp³-hybridized carbons (Fsp3) is 0.571. The second-order valence-corrected chi connectivity index (χ2v) is 7.94. The number of hydrogen-bond acceptors (Lipinski definition) is 5. The number of rotatable bonds is 4. The van der Waals surface area contributed by atoms with Crippen molar-refractivity contribution < 1.29 is 9.59 Å². The van der Waals surface area contributed by atoms with Crippen molar-refractivity contribution in [2.24, 2.45) is 0 Å². The first-order valence-corrected chi connectivity index (χ1v) is 10.4. The topological polar surface area (TPSA) is 84.2 Å². The summed E-state index contributed by atoms with van der Waals surface area (Å²) >= 11 is 0. The van der Waals surface area contributed by atoms with Gasteiger partial charge in [-0.2, -0.15) is 5.10 Å². The van der Waals surface area contributed by atoms with Gasteiger partial charge in [0.15, 0.2) is 5.82 Å². The molecule has 1 unspecified atom stereocenters. The van der Waals surface area contributed by atoms with Gasteiger partial charge in [-0.15, -0.1) is 0 Å². The van der Waals surface area contributed by atoms with E-state index in [0.29, 0.717) is 26.1 Å². The highest BCUT2D eigenvalue weighted by atomic mass is 16.2. The number of hydrogen-bond donors (Lipinski definition) is 0. The zero-order valence-corrected chi connectivity index (χ0v) is 17.2. The van der Waals surface area contributed by atoms with E-state index in [0.717, 1.165) is 55.0 Å². The molecule has 0 aromatic carbocycles. The molecule has 1 saturated heterocycles. The monoisotopic (exact) mass is 396 g/mol. The normalized spacial score (nSPS) is 19.2. The third-order valence-electron chi connectivity index (χ3n) is 5.98. The zero-order valence-electron chi connectivity index (χ0n) is 17.2. The van der Waals surface area contributed by atoms with Crippen molar-refractivity contribution in [3.8, 4) is 0 Å². The molecule has 2 aliphatic heterocycles. The van der Waals surface area contributed by atoms with Crippen LogP contribution in [0.3, 0.4) is 0 Å². The minimum absolute atomic E-state index is 0.0245. The van der Waals surface area contributed by atoms with Crippen LogP contribution in [0.1, 0.15) is 61.4 Å². The highest BCUT2D eigenvalue weighted by Crippen LogP contribution is 2.30. The lowest BCUT2D eigenvalue weighted by Crippen LogP contribution is -2.39. The molecule has 4 rings (SSSR count). The molecule has 2 aromatic rings. The fourth-order valence-electron chi connectivity index (χ4n) is 4.27. The largest absolute Gasteiger partial charge is 0.338 e. The first kappa shape index (κ1) is 19.5. The summed E-state index contributed by atoms with van der Waals surface area (Å²) < 4.78 is 1.86. The SMILES string of the molecule is CC(=O)N1CCCCC1c1ncc2c(n1)CCN(C(=O)CCn1nccc1C)C2. The van der Waals surface area contributed by atoms with Gasteiger partial charge in [0, 0.05) is 69.6 Å². The maximum absolute atomic E-state index is 12.6. The standard InChI is InChI=1S/C21H28N6O2/c1-15-6-9-23-27(15)12-8-20(29)25-11-7-18-17(14-25)13-22-21(24-18)19-5-3-4-10-26(19)16(2)28/h6,9,13,19H,3-5,7-8,10-12,14H2,1-2H3. The van der Waals surface area contributed by atoms with E-state index in [-0.39, 0.29) is 17.9 Å². The van der Waals surface area contributed by atoms with Gasteiger partial charge in [-0.25, -0.2) is 9.97 Å². The van der Waals surface area contributed by atoms with Crippen LogP contribution in [-0.4, -0.2) is 54.5 Å². The molecule has 1 atom stereocenters. The molecule has 0 aliphatic carbocycles. The third-order valence-corrected chi connectivity index (χ3v) is 5.98. The number of carbonyl (C=O) groups excluding carboxylic acids is 2. The van der Waals surface area contributed by atoms with Crippen molar-refractivity contribution in [1.29, 1.82) is 0 Å². The lowest BCUT2D eigenvalue weighted by atomic mass is 10.0. The van der Waals surface area contributed by atoms with Gasteiger partial charge in [0.1, 0.15) is 0 Å². The van der Waals surface area contributed by atoms with Crippen LogP contribution in [0.15, 0.2) is 18.5 Å². The second-order valence-electron chi connectivity index (χ2n) is 7.94. The number of nitrogens with zero attached hydrogens (tertiary/aromatic N) is 6. The van der Waals surface area contributed by atoms with Gasteiger partial charge in [0.2, 0.25) is 11.8 Å². The summed E-state index contributed by atoms with van der Waals surface area (Å²) in [4.78, 5) is 37.8. The number of aryl methyl sites for hydroxylation is 2. The predicted molar refractivity (Wildman–Crippen MR) is 107 cm³/mol. The summed E-state index contributed by atoms with van der Waals surface area (Å²) in [5, 5.41) is 4.24. The summed E-state index contributed by atoms with van der Waals surface area (Å²) in [6, 6.07) is 1.92. The van der Waals surface area contributed by atoms with Crippen LogP contribution in [-0.2, 0) is 29.1 Å². The number of amides is 2. The van der Waals surface area contributed by atoms with Crippen molar-refractivity contribution in [2.75, 3.05) is 13.1 Å². The third kappa shape index (κ3) is 4.16. The number of piperidine rings is 1. The Labute approximate surface area is 170 Å². The van der Waals surface area contributed by atoms with Crippen LogP contribution in [0.5, 0.6) is 0 Å². The number of likely N-dealkylation sites (tertiary alicyclic amines) is 1. The molecule has 0 N–H and O–H groups in total. The molecule has 2 aliphatic rings. The Morgan fingerprint density at radius 3 is 2.86 bits per heavy atom. The summed E-state index contributed by atoms with van der Waals surface area (Å²) in [5.74, 6) is 0.956. The lowest BCUT2D eigenvalue weighted by Gasteiger charge is -2.35. The Hall–Kier alpha value is -2.77. The number of carbonyl (C=O) groups is 2. The summed E-state index contributed by atoms with van der Waals surface area (Å²) in [6.07, 6.45) is 7.81. The summed E-state index contributed by atoms with van der Waals surface area (Å²) in [6.45, 7) is 6.20. The van der Waals surface area contributed by atoms with Gasteiger partial charge in [-0.3, -0.25) is 14.3 Å². The van der Waals surface area contributed by atoms with Crippen LogP contribution in [0.25, 0.3) is 0 Å². The van der Waals surface area contributed by atoms with Crippen LogP contribution < -0.4 is 0 Å². The van der Waals surface area contributed by atoms with Gasteiger partial charge in [-0.1, -0.05) is 0 Å². The van der Waals surface area contributed by atoms with Crippen LogP contribution in [0.4, 0.5) is 0 Å².